The van der Waals surface area contributed by atoms with Crippen LogP contribution in [0.2, 0.25) is 0 Å². The van der Waals surface area contributed by atoms with Gasteiger partial charge in [0.2, 0.25) is 5.91 Å². The van der Waals surface area contributed by atoms with Gasteiger partial charge >= 0.3 is 5.97 Å². The molecule has 0 aliphatic carbocycles. The maximum atomic E-state index is 12.9. The average Bonchev–Trinajstić information content (AvgIpc) is 3.50. The number of pyridine rings is 1. The zero-order valence-corrected chi connectivity index (χ0v) is 19.8. The monoisotopic (exact) mass is 498 g/mol. The molecule has 8 nitrogen and oxygen atoms in total. The van der Waals surface area contributed by atoms with Crippen molar-refractivity contribution in [1.29, 1.82) is 0 Å². The van der Waals surface area contributed by atoms with Gasteiger partial charge in [0.1, 0.15) is 24.1 Å². The van der Waals surface area contributed by atoms with Crippen molar-refractivity contribution in [2.45, 2.75) is 12.1 Å². The van der Waals surface area contributed by atoms with Crippen LogP contribution < -0.4 is 10.6 Å². The molecular formula is C27H22N4O4S. The first-order chi connectivity index (χ1) is 17.5. The predicted molar refractivity (Wildman–Crippen MR) is 138 cm³/mol. The smallest absolute Gasteiger partial charge is 0.336 e. The number of para-hydroxylation sites is 1. The number of carbonyl (C=O) groups excluding carboxylic acids is 1. The molecule has 9 heteroatoms. The van der Waals surface area contributed by atoms with E-state index in [1.165, 1.54) is 6.07 Å². The van der Waals surface area contributed by atoms with Crippen LogP contribution in [0.5, 0.6) is 0 Å². The number of rotatable bonds is 7. The maximum absolute atomic E-state index is 12.9. The van der Waals surface area contributed by atoms with Gasteiger partial charge in [-0.05, 0) is 54.7 Å². The second-order valence-corrected chi connectivity index (χ2v) is 8.61. The maximum Gasteiger partial charge on any atom is 0.336 e. The number of benzene rings is 2. The molecular weight excluding hydrogens is 476 g/mol. The fraction of sp³-hybridized carbons (Fsp3) is 0.111. The van der Waals surface area contributed by atoms with Crippen molar-refractivity contribution in [3.63, 3.8) is 0 Å². The van der Waals surface area contributed by atoms with E-state index < -0.39 is 12.0 Å². The number of amides is 1. The van der Waals surface area contributed by atoms with Crippen LogP contribution in [-0.2, 0) is 4.79 Å². The molecule has 4 aromatic rings. The van der Waals surface area contributed by atoms with E-state index in [2.05, 4.69) is 15.6 Å². The van der Waals surface area contributed by atoms with Gasteiger partial charge in [-0.2, -0.15) is 0 Å². The lowest BCUT2D eigenvalue weighted by Crippen LogP contribution is -2.36. The Morgan fingerprint density at radius 1 is 1.00 bits per heavy atom. The van der Waals surface area contributed by atoms with E-state index in [0.29, 0.717) is 27.9 Å². The van der Waals surface area contributed by atoms with Gasteiger partial charge in [0.15, 0.2) is 5.11 Å². The lowest BCUT2D eigenvalue weighted by atomic mass is 10.0. The number of aromatic nitrogens is 1. The van der Waals surface area contributed by atoms with E-state index in [1.54, 1.807) is 41.4 Å². The SMILES string of the molecule is O=C(CN1C(=S)N[C@@H](c2ccccn2)[C@H]1c1ccc(-c2ccccc2C(=O)O)o1)Nc1ccccc1. The molecule has 1 aliphatic heterocycles. The molecule has 0 unspecified atom stereocenters. The van der Waals surface area contributed by atoms with Crippen molar-refractivity contribution in [2.24, 2.45) is 0 Å². The molecule has 0 spiro atoms. The zero-order chi connectivity index (χ0) is 25.1. The zero-order valence-electron chi connectivity index (χ0n) is 19.0. The summed E-state index contributed by atoms with van der Waals surface area (Å²) in [6.45, 7) is -0.0174. The number of furan rings is 1. The van der Waals surface area contributed by atoms with Crippen LogP contribution in [0.25, 0.3) is 11.3 Å². The Morgan fingerprint density at radius 3 is 2.50 bits per heavy atom. The Bertz CT molecular complexity index is 1410. The normalized spacial score (nSPS) is 17.0. The molecule has 1 saturated heterocycles. The Kier molecular flexibility index (Phi) is 6.46. The molecule has 1 amide bonds. The molecule has 180 valence electrons. The summed E-state index contributed by atoms with van der Waals surface area (Å²) in [6.07, 6.45) is 1.69. The van der Waals surface area contributed by atoms with Crippen LogP contribution in [0.15, 0.2) is 95.5 Å². The second kappa shape index (κ2) is 10.0. The number of nitrogens with one attached hydrogen (secondary N) is 2. The highest BCUT2D eigenvalue weighted by Crippen LogP contribution is 2.40. The summed E-state index contributed by atoms with van der Waals surface area (Å²) >= 11 is 5.62. The van der Waals surface area contributed by atoms with Crippen molar-refractivity contribution in [3.8, 4) is 11.3 Å². The number of anilines is 1. The largest absolute Gasteiger partial charge is 0.478 e. The molecule has 3 heterocycles. The van der Waals surface area contributed by atoms with Gasteiger partial charge in [0.25, 0.3) is 0 Å². The third-order valence-electron chi connectivity index (χ3n) is 5.91. The lowest BCUT2D eigenvalue weighted by Gasteiger charge is -2.25. The molecule has 2 aromatic heterocycles. The van der Waals surface area contributed by atoms with Gasteiger partial charge in [-0.15, -0.1) is 0 Å². The van der Waals surface area contributed by atoms with Crippen molar-refractivity contribution in [3.05, 3.63) is 108 Å². The highest BCUT2D eigenvalue weighted by atomic mass is 32.1. The van der Waals surface area contributed by atoms with Gasteiger partial charge in [-0.25, -0.2) is 4.79 Å². The molecule has 0 saturated carbocycles. The first-order valence-electron chi connectivity index (χ1n) is 11.3. The summed E-state index contributed by atoms with van der Waals surface area (Å²) in [5, 5.41) is 16.2. The lowest BCUT2D eigenvalue weighted by molar-refractivity contribution is -0.116. The Morgan fingerprint density at radius 2 is 1.75 bits per heavy atom. The van der Waals surface area contributed by atoms with E-state index in [4.69, 9.17) is 16.6 Å². The van der Waals surface area contributed by atoms with Gasteiger partial charge in [-0.1, -0.05) is 42.5 Å². The van der Waals surface area contributed by atoms with Gasteiger partial charge < -0.3 is 25.1 Å². The number of carbonyl (C=O) groups is 2. The van der Waals surface area contributed by atoms with Gasteiger partial charge in [0.05, 0.1) is 17.3 Å². The molecule has 2 aromatic carbocycles. The summed E-state index contributed by atoms with van der Waals surface area (Å²) in [7, 11) is 0. The van der Waals surface area contributed by atoms with Crippen LogP contribution in [0.3, 0.4) is 0 Å². The Hall–Kier alpha value is -4.50. The molecule has 1 fully saturated rings. The summed E-state index contributed by atoms with van der Waals surface area (Å²) in [6, 6.07) is 24.1. The number of hydrogen-bond acceptors (Lipinski definition) is 5. The number of carboxylic acid groups (broad SMARTS) is 1. The fourth-order valence-corrected chi connectivity index (χ4v) is 4.61. The van der Waals surface area contributed by atoms with Crippen molar-refractivity contribution >= 4 is 34.9 Å². The highest BCUT2D eigenvalue weighted by Gasteiger charge is 2.42. The van der Waals surface area contributed by atoms with E-state index in [0.717, 1.165) is 5.69 Å². The summed E-state index contributed by atoms with van der Waals surface area (Å²) in [5.74, 6) is -0.340. The van der Waals surface area contributed by atoms with E-state index in [9.17, 15) is 14.7 Å². The van der Waals surface area contributed by atoms with Crippen LogP contribution >= 0.6 is 12.2 Å². The number of nitrogens with zero attached hydrogens (tertiary/aromatic N) is 2. The minimum Gasteiger partial charge on any atom is -0.478 e. The van der Waals surface area contributed by atoms with E-state index >= 15 is 0 Å². The summed E-state index contributed by atoms with van der Waals surface area (Å²) < 4.78 is 6.21. The first-order valence-corrected chi connectivity index (χ1v) is 11.7. The molecule has 1 aliphatic rings. The van der Waals surface area contributed by atoms with Gasteiger partial charge in [-0.3, -0.25) is 9.78 Å². The number of thiocarbonyl (C=S) groups is 1. The molecule has 0 radical (unpaired) electrons. The Labute approximate surface area is 212 Å². The molecule has 2 atom stereocenters. The van der Waals surface area contributed by atoms with E-state index in [1.807, 2.05) is 48.5 Å². The quantitative estimate of drug-likeness (QED) is 0.316. The summed E-state index contributed by atoms with van der Waals surface area (Å²) in [4.78, 5) is 30.9. The number of hydrogen-bond donors (Lipinski definition) is 3. The van der Waals surface area contributed by atoms with Crippen LogP contribution in [0.1, 0.15) is 33.9 Å². The second-order valence-electron chi connectivity index (χ2n) is 8.22. The highest BCUT2D eigenvalue weighted by molar-refractivity contribution is 7.80. The predicted octanol–water partition coefficient (Wildman–Crippen LogP) is 4.65. The molecule has 5 rings (SSSR count). The minimum absolute atomic E-state index is 0.0174. The topological polar surface area (TPSA) is 108 Å². The van der Waals surface area contributed by atoms with Crippen molar-refractivity contribution < 1.29 is 19.1 Å². The Balaban J connectivity index is 1.49. The van der Waals surface area contributed by atoms with Crippen LogP contribution in [-0.4, -0.2) is 38.5 Å². The van der Waals surface area contributed by atoms with Crippen molar-refractivity contribution in [1.82, 2.24) is 15.2 Å². The average molecular weight is 499 g/mol. The first kappa shape index (κ1) is 23.3. The van der Waals surface area contributed by atoms with Crippen LogP contribution in [0.4, 0.5) is 5.69 Å². The third-order valence-corrected chi connectivity index (χ3v) is 6.26. The standard InChI is InChI=1S/C27H22N4O4S/c32-23(29-17-8-2-1-3-9-17)16-31-25(24(30-27(31)36)20-12-6-7-15-28-20)22-14-13-21(35-22)18-10-4-5-11-19(18)26(33)34/h1-15,24-25H,16H2,(H,29,32)(H,30,36)(H,33,34)/t24-,25+/m0/s1. The molecule has 0 bridgehead atoms. The number of aromatic carboxylic acids is 1. The van der Waals surface area contributed by atoms with Crippen LogP contribution in [0, 0.1) is 0 Å². The third kappa shape index (κ3) is 4.69. The molecule has 3 N–H and O–H groups in total. The van der Waals surface area contributed by atoms with Crippen molar-refractivity contribution in [2.75, 3.05) is 11.9 Å². The molecule has 36 heavy (non-hydrogen) atoms. The number of carboxylic acids is 1. The van der Waals surface area contributed by atoms with Gasteiger partial charge in [0, 0.05) is 17.4 Å². The summed E-state index contributed by atoms with van der Waals surface area (Å²) in [5.41, 5.74) is 2.02. The minimum atomic E-state index is -1.04. The van der Waals surface area contributed by atoms with E-state index in [-0.39, 0.29) is 24.1 Å². The fourth-order valence-electron chi connectivity index (χ4n) is 4.30.